The van der Waals surface area contributed by atoms with Gasteiger partial charge < -0.3 is 10.1 Å². The minimum absolute atomic E-state index is 0.0173. The van der Waals surface area contributed by atoms with Crippen LogP contribution in [0.4, 0.5) is 5.69 Å². The van der Waals surface area contributed by atoms with Crippen LogP contribution in [0.1, 0.15) is 24.7 Å². The summed E-state index contributed by atoms with van der Waals surface area (Å²) in [6, 6.07) is 9.32. The molecule has 1 aromatic carbocycles. The van der Waals surface area contributed by atoms with E-state index in [9.17, 15) is 4.79 Å². The van der Waals surface area contributed by atoms with Crippen LogP contribution >= 0.6 is 0 Å². The third-order valence-corrected chi connectivity index (χ3v) is 2.63. The van der Waals surface area contributed by atoms with Crippen molar-refractivity contribution in [3.63, 3.8) is 0 Å². The van der Waals surface area contributed by atoms with Gasteiger partial charge in [-0.3, -0.25) is 4.79 Å². The van der Waals surface area contributed by atoms with Gasteiger partial charge in [0.1, 0.15) is 5.75 Å². The second-order valence-corrected chi connectivity index (χ2v) is 4.46. The van der Waals surface area contributed by atoms with E-state index in [0.29, 0.717) is 18.2 Å². The highest BCUT2D eigenvalue weighted by molar-refractivity contribution is 5.90. The zero-order valence-corrected chi connectivity index (χ0v) is 11.8. The van der Waals surface area contributed by atoms with E-state index in [1.807, 2.05) is 26.8 Å². The highest BCUT2D eigenvalue weighted by Gasteiger charge is 2.04. The molecular weight excluding hydrogens is 254 g/mol. The fraction of sp³-hybridized carbons (Fsp3) is 0.267. The van der Waals surface area contributed by atoms with Crippen molar-refractivity contribution in [3.8, 4) is 11.8 Å². The zero-order chi connectivity index (χ0) is 14.5. The molecule has 1 N–H and O–H groups in total. The first kappa shape index (κ1) is 14.0. The summed E-state index contributed by atoms with van der Waals surface area (Å²) in [5.74, 6) is 0.612. The molecule has 0 unspecified atom stereocenters. The lowest BCUT2D eigenvalue weighted by Crippen LogP contribution is -2.09. The molecular formula is C15H17N3O2. The molecule has 1 aromatic heterocycles. The van der Waals surface area contributed by atoms with E-state index in [1.54, 1.807) is 24.3 Å². The summed E-state index contributed by atoms with van der Waals surface area (Å²) in [6.07, 6.45) is 0.453. The van der Waals surface area contributed by atoms with Crippen LogP contribution in [0.25, 0.3) is 0 Å². The fourth-order valence-electron chi connectivity index (χ4n) is 1.70. The van der Waals surface area contributed by atoms with Gasteiger partial charge in [0.25, 0.3) is 0 Å². The summed E-state index contributed by atoms with van der Waals surface area (Å²) >= 11 is 0. The normalized spacial score (nSPS) is 10.2. The average molecular weight is 271 g/mol. The van der Waals surface area contributed by atoms with Gasteiger partial charge in [0.2, 0.25) is 5.91 Å². The lowest BCUT2D eigenvalue weighted by Gasteiger charge is -2.07. The van der Waals surface area contributed by atoms with Gasteiger partial charge in [-0.25, -0.2) is 9.97 Å². The van der Waals surface area contributed by atoms with Crippen LogP contribution < -0.4 is 10.1 Å². The Balaban J connectivity index is 2.08. The number of benzene rings is 1. The van der Waals surface area contributed by atoms with E-state index in [2.05, 4.69) is 15.3 Å². The van der Waals surface area contributed by atoms with Gasteiger partial charge >= 0.3 is 6.01 Å². The Bertz CT molecular complexity index is 589. The van der Waals surface area contributed by atoms with E-state index < -0.39 is 0 Å². The van der Waals surface area contributed by atoms with Gasteiger partial charge in [-0.1, -0.05) is 6.92 Å². The molecule has 0 aliphatic heterocycles. The van der Waals surface area contributed by atoms with Crippen molar-refractivity contribution in [1.82, 2.24) is 9.97 Å². The van der Waals surface area contributed by atoms with Gasteiger partial charge in [0.15, 0.2) is 0 Å². The number of nitrogens with zero attached hydrogens (tertiary/aromatic N) is 2. The molecule has 5 nitrogen and oxygen atoms in total. The van der Waals surface area contributed by atoms with Crippen LogP contribution in [0.15, 0.2) is 30.3 Å². The van der Waals surface area contributed by atoms with E-state index in [1.165, 1.54) is 0 Å². The van der Waals surface area contributed by atoms with Crippen molar-refractivity contribution in [3.05, 3.63) is 41.7 Å². The Kier molecular flexibility index (Phi) is 4.30. The number of carbonyl (C=O) groups is 1. The summed E-state index contributed by atoms with van der Waals surface area (Å²) in [4.78, 5) is 19.7. The van der Waals surface area contributed by atoms with Crippen molar-refractivity contribution < 1.29 is 9.53 Å². The van der Waals surface area contributed by atoms with E-state index >= 15 is 0 Å². The number of amides is 1. The summed E-state index contributed by atoms with van der Waals surface area (Å²) in [7, 11) is 0. The maximum absolute atomic E-state index is 11.3. The van der Waals surface area contributed by atoms with E-state index in [0.717, 1.165) is 17.1 Å². The number of hydrogen-bond donors (Lipinski definition) is 1. The Hall–Kier alpha value is -2.43. The molecule has 0 aliphatic carbocycles. The number of nitrogens with one attached hydrogen (secondary N) is 1. The molecule has 0 saturated carbocycles. The number of hydrogen-bond acceptors (Lipinski definition) is 4. The Labute approximate surface area is 118 Å². The van der Waals surface area contributed by atoms with Crippen molar-refractivity contribution in [1.29, 1.82) is 0 Å². The maximum Gasteiger partial charge on any atom is 0.322 e. The van der Waals surface area contributed by atoms with Gasteiger partial charge in [0, 0.05) is 23.5 Å². The molecule has 2 aromatic rings. The molecule has 0 spiro atoms. The lowest BCUT2D eigenvalue weighted by molar-refractivity contribution is -0.115. The molecule has 5 heteroatoms. The first-order valence-electron chi connectivity index (χ1n) is 6.47. The Morgan fingerprint density at radius 2 is 1.75 bits per heavy atom. The quantitative estimate of drug-likeness (QED) is 0.927. The lowest BCUT2D eigenvalue weighted by atomic mass is 10.3. The number of ether oxygens (including phenoxy) is 1. The molecule has 0 radical (unpaired) electrons. The zero-order valence-electron chi connectivity index (χ0n) is 11.8. The van der Waals surface area contributed by atoms with E-state index in [4.69, 9.17) is 4.74 Å². The summed E-state index contributed by atoms with van der Waals surface area (Å²) < 4.78 is 5.59. The average Bonchev–Trinajstić information content (AvgIpc) is 2.39. The number of aryl methyl sites for hydroxylation is 2. The van der Waals surface area contributed by atoms with Crippen LogP contribution in [0.3, 0.4) is 0 Å². The third kappa shape index (κ3) is 3.78. The molecule has 0 fully saturated rings. The summed E-state index contributed by atoms with van der Waals surface area (Å²) in [5.41, 5.74) is 2.46. The van der Waals surface area contributed by atoms with Crippen LogP contribution in [-0.2, 0) is 4.79 Å². The third-order valence-electron chi connectivity index (χ3n) is 2.63. The molecule has 20 heavy (non-hydrogen) atoms. The monoisotopic (exact) mass is 271 g/mol. The summed E-state index contributed by atoms with van der Waals surface area (Å²) in [5, 5.41) is 2.78. The first-order chi connectivity index (χ1) is 9.56. The highest BCUT2D eigenvalue weighted by atomic mass is 16.5. The number of rotatable bonds is 4. The van der Waals surface area contributed by atoms with Crippen molar-refractivity contribution in [2.75, 3.05) is 5.32 Å². The van der Waals surface area contributed by atoms with Gasteiger partial charge in [-0.2, -0.15) is 0 Å². The second kappa shape index (κ2) is 6.14. The predicted molar refractivity (Wildman–Crippen MR) is 76.9 cm³/mol. The molecule has 0 bridgehead atoms. The molecule has 1 amide bonds. The molecule has 0 atom stereocenters. The standard InChI is InChI=1S/C15H17N3O2/c1-4-14(19)18-12-5-7-13(8-6-12)20-15-16-10(2)9-11(3)17-15/h5-9H,4H2,1-3H3,(H,18,19). The van der Waals surface area contributed by atoms with Gasteiger partial charge in [0.05, 0.1) is 0 Å². The predicted octanol–water partition coefficient (Wildman–Crippen LogP) is 3.23. The molecule has 0 aliphatic rings. The van der Waals surface area contributed by atoms with Gasteiger partial charge in [-0.05, 0) is 44.2 Å². The van der Waals surface area contributed by atoms with Crippen LogP contribution in [0, 0.1) is 13.8 Å². The van der Waals surface area contributed by atoms with Crippen LogP contribution in [0.5, 0.6) is 11.8 Å². The number of anilines is 1. The maximum atomic E-state index is 11.3. The smallest absolute Gasteiger partial charge is 0.322 e. The number of aromatic nitrogens is 2. The Morgan fingerprint density at radius 3 is 2.30 bits per heavy atom. The molecule has 104 valence electrons. The minimum atomic E-state index is -0.0173. The largest absolute Gasteiger partial charge is 0.424 e. The fourth-order valence-corrected chi connectivity index (χ4v) is 1.70. The minimum Gasteiger partial charge on any atom is -0.424 e. The van der Waals surface area contributed by atoms with Crippen LogP contribution in [-0.4, -0.2) is 15.9 Å². The highest BCUT2D eigenvalue weighted by Crippen LogP contribution is 2.20. The first-order valence-corrected chi connectivity index (χ1v) is 6.47. The Morgan fingerprint density at radius 1 is 1.15 bits per heavy atom. The van der Waals surface area contributed by atoms with Crippen molar-refractivity contribution in [2.45, 2.75) is 27.2 Å². The molecule has 0 saturated heterocycles. The second-order valence-electron chi connectivity index (χ2n) is 4.46. The van der Waals surface area contributed by atoms with Crippen LogP contribution in [0.2, 0.25) is 0 Å². The number of carbonyl (C=O) groups excluding carboxylic acids is 1. The topological polar surface area (TPSA) is 64.1 Å². The summed E-state index contributed by atoms with van der Waals surface area (Å²) in [6.45, 7) is 5.60. The van der Waals surface area contributed by atoms with Gasteiger partial charge in [-0.15, -0.1) is 0 Å². The van der Waals surface area contributed by atoms with Crippen molar-refractivity contribution >= 4 is 11.6 Å². The molecule has 2 rings (SSSR count). The van der Waals surface area contributed by atoms with Crippen molar-refractivity contribution in [2.24, 2.45) is 0 Å². The SMILES string of the molecule is CCC(=O)Nc1ccc(Oc2nc(C)cc(C)n2)cc1. The molecule has 1 heterocycles. The van der Waals surface area contributed by atoms with E-state index in [-0.39, 0.29) is 5.91 Å².